The number of thioether (sulfide) groups is 1. The molecule has 3 N–H and O–H groups in total. The summed E-state index contributed by atoms with van der Waals surface area (Å²) in [4.78, 5) is 34.9. The number of aromatic nitrogens is 1. The first kappa shape index (κ1) is 20.0. The first-order valence-corrected chi connectivity index (χ1v) is 8.76. The number of amides is 2. The molecule has 2 amide bonds. The fraction of sp³-hybridized carbons (Fsp3) is 0.600. The SMILES string of the molecule is CCCCC(NC(=O)CSC(C)C(=O)Nc1cc(C)on1)C(=O)O. The van der Waals surface area contributed by atoms with Crippen LogP contribution < -0.4 is 10.6 Å². The number of carbonyl (C=O) groups excluding carboxylic acids is 2. The molecule has 1 aromatic rings. The van der Waals surface area contributed by atoms with Crippen LogP contribution in [0.15, 0.2) is 10.6 Å². The van der Waals surface area contributed by atoms with Gasteiger partial charge in [0, 0.05) is 6.07 Å². The fourth-order valence-corrected chi connectivity index (χ4v) is 2.53. The van der Waals surface area contributed by atoms with Gasteiger partial charge in [-0.15, -0.1) is 11.8 Å². The molecular weight excluding hydrogens is 334 g/mol. The summed E-state index contributed by atoms with van der Waals surface area (Å²) in [6.45, 7) is 5.32. The van der Waals surface area contributed by atoms with Crippen LogP contribution in [0, 0.1) is 6.92 Å². The first-order valence-electron chi connectivity index (χ1n) is 7.71. The molecule has 0 saturated heterocycles. The fourth-order valence-electron chi connectivity index (χ4n) is 1.83. The van der Waals surface area contributed by atoms with Gasteiger partial charge < -0.3 is 20.3 Å². The minimum Gasteiger partial charge on any atom is -0.480 e. The van der Waals surface area contributed by atoms with E-state index in [4.69, 9.17) is 9.63 Å². The zero-order valence-electron chi connectivity index (χ0n) is 14.0. The summed E-state index contributed by atoms with van der Waals surface area (Å²) in [6.07, 6.45) is 1.97. The highest BCUT2D eigenvalue weighted by molar-refractivity contribution is 8.01. The van der Waals surface area contributed by atoms with E-state index in [0.29, 0.717) is 18.0 Å². The van der Waals surface area contributed by atoms with Crippen LogP contribution in [-0.4, -0.2) is 45.1 Å². The lowest BCUT2D eigenvalue weighted by atomic mass is 10.1. The van der Waals surface area contributed by atoms with Gasteiger partial charge in [-0.3, -0.25) is 9.59 Å². The Hall–Kier alpha value is -2.03. The largest absolute Gasteiger partial charge is 0.480 e. The zero-order valence-corrected chi connectivity index (χ0v) is 14.8. The molecule has 2 unspecified atom stereocenters. The minimum absolute atomic E-state index is 0.00232. The van der Waals surface area contributed by atoms with Crippen molar-refractivity contribution >= 4 is 35.4 Å². The molecule has 0 spiro atoms. The van der Waals surface area contributed by atoms with Gasteiger partial charge in [0.15, 0.2) is 5.82 Å². The second-order valence-electron chi connectivity index (χ2n) is 5.37. The molecule has 0 bridgehead atoms. The molecule has 2 atom stereocenters. The maximum atomic E-state index is 12.0. The Balaban J connectivity index is 2.38. The van der Waals surface area contributed by atoms with Gasteiger partial charge in [-0.1, -0.05) is 24.9 Å². The van der Waals surface area contributed by atoms with E-state index in [1.165, 1.54) is 0 Å². The molecule has 0 aromatic carbocycles. The van der Waals surface area contributed by atoms with Crippen molar-refractivity contribution in [3.05, 3.63) is 11.8 Å². The van der Waals surface area contributed by atoms with Crippen LogP contribution in [0.3, 0.4) is 0 Å². The van der Waals surface area contributed by atoms with Crippen LogP contribution in [0.1, 0.15) is 38.9 Å². The molecule has 134 valence electrons. The summed E-state index contributed by atoms with van der Waals surface area (Å²) in [7, 11) is 0. The molecule has 0 aliphatic carbocycles. The summed E-state index contributed by atoms with van der Waals surface area (Å²) < 4.78 is 4.85. The van der Waals surface area contributed by atoms with Crippen molar-refractivity contribution in [2.45, 2.75) is 51.3 Å². The number of carboxylic acids is 1. The molecule has 1 rings (SSSR count). The lowest BCUT2D eigenvalue weighted by Crippen LogP contribution is -2.42. The number of rotatable bonds is 10. The van der Waals surface area contributed by atoms with Crippen molar-refractivity contribution in [3.63, 3.8) is 0 Å². The topological polar surface area (TPSA) is 122 Å². The first-order chi connectivity index (χ1) is 11.3. The summed E-state index contributed by atoms with van der Waals surface area (Å²) in [5, 5.41) is 17.3. The summed E-state index contributed by atoms with van der Waals surface area (Å²) in [6, 6.07) is 0.702. The van der Waals surface area contributed by atoms with Crippen molar-refractivity contribution in [1.82, 2.24) is 10.5 Å². The maximum Gasteiger partial charge on any atom is 0.326 e. The van der Waals surface area contributed by atoms with Gasteiger partial charge in [-0.2, -0.15) is 0 Å². The average Bonchev–Trinajstić information content (AvgIpc) is 2.93. The Bertz CT molecular complexity index is 575. The molecule has 0 radical (unpaired) electrons. The highest BCUT2D eigenvalue weighted by atomic mass is 32.2. The van der Waals surface area contributed by atoms with E-state index in [1.807, 2.05) is 6.92 Å². The van der Waals surface area contributed by atoms with Crippen LogP contribution in [0.5, 0.6) is 0 Å². The van der Waals surface area contributed by atoms with Crippen molar-refractivity contribution in [2.24, 2.45) is 0 Å². The van der Waals surface area contributed by atoms with E-state index in [1.54, 1.807) is 19.9 Å². The predicted octanol–water partition coefficient (Wildman–Crippen LogP) is 1.80. The van der Waals surface area contributed by atoms with Crippen molar-refractivity contribution in [3.8, 4) is 0 Å². The number of aryl methyl sites for hydroxylation is 1. The van der Waals surface area contributed by atoms with Gasteiger partial charge >= 0.3 is 5.97 Å². The van der Waals surface area contributed by atoms with Crippen LogP contribution in [0.25, 0.3) is 0 Å². The van der Waals surface area contributed by atoms with Gasteiger partial charge in [-0.25, -0.2) is 4.79 Å². The summed E-state index contributed by atoms with van der Waals surface area (Å²) in [5.74, 6) is -0.851. The number of aliphatic carboxylic acids is 1. The Morgan fingerprint density at radius 2 is 2.12 bits per heavy atom. The highest BCUT2D eigenvalue weighted by Gasteiger charge is 2.21. The van der Waals surface area contributed by atoms with Crippen molar-refractivity contribution in [2.75, 3.05) is 11.1 Å². The third-order valence-corrected chi connectivity index (χ3v) is 4.34. The lowest BCUT2D eigenvalue weighted by molar-refractivity contribution is -0.141. The third kappa shape index (κ3) is 7.03. The van der Waals surface area contributed by atoms with Crippen LogP contribution in [-0.2, 0) is 14.4 Å². The molecule has 0 saturated carbocycles. The number of hydrogen-bond acceptors (Lipinski definition) is 6. The Morgan fingerprint density at radius 3 is 2.67 bits per heavy atom. The molecule has 0 aliphatic heterocycles. The second kappa shape index (κ2) is 9.96. The van der Waals surface area contributed by atoms with E-state index >= 15 is 0 Å². The Kier molecular flexibility index (Phi) is 8.31. The zero-order chi connectivity index (χ0) is 18.1. The lowest BCUT2D eigenvalue weighted by Gasteiger charge is -2.15. The van der Waals surface area contributed by atoms with Crippen LogP contribution >= 0.6 is 11.8 Å². The standard InChI is InChI=1S/C15H23N3O5S/c1-4-5-6-11(15(21)22)16-13(19)8-24-10(3)14(20)17-12-7-9(2)23-18-12/h7,10-11H,4-6,8H2,1-3H3,(H,16,19)(H,21,22)(H,17,18,20). The van der Waals surface area contributed by atoms with Gasteiger partial charge in [-0.05, 0) is 20.3 Å². The average molecular weight is 357 g/mol. The number of carbonyl (C=O) groups is 3. The normalized spacial score (nSPS) is 13.1. The molecular formula is C15H23N3O5S. The number of hydrogen-bond donors (Lipinski definition) is 3. The van der Waals surface area contributed by atoms with Crippen molar-refractivity contribution < 1.29 is 24.0 Å². The smallest absolute Gasteiger partial charge is 0.326 e. The minimum atomic E-state index is -1.05. The number of anilines is 1. The monoisotopic (exact) mass is 357 g/mol. The highest BCUT2D eigenvalue weighted by Crippen LogP contribution is 2.14. The van der Waals surface area contributed by atoms with E-state index in [9.17, 15) is 14.4 Å². The van der Waals surface area contributed by atoms with E-state index < -0.39 is 23.2 Å². The quantitative estimate of drug-likeness (QED) is 0.583. The Labute approximate surface area is 144 Å². The van der Waals surface area contributed by atoms with Gasteiger partial charge in [0.05, 0.1) is 11.0 Å². The van der Waals surface area contributed by atoms with E-state index in [-0.39, 0.29) is 11.7 Å². The number of nitrogens with one attached hydrogen (secondary N) is 2. The van der Waals surface area contributed by atoms with Gasteiger partial charge in [0.1, 0.15) is 11.8 Å². The van der Waals surface area contributed by atoms with Gasteiger partial charge in [0.25, 0.3) is 0 Å². The Morgan fingerprint density at radius 1 is 1.42 bits per heavy atom. The van der Waals surface area contributed by atoms with Crippen LogP contribution in [0.2, 0.25) is 0 Å². The molecule has 9 heteroatoms. The van der Waals surface area contributed by atoms with Crippen molar-refractivity contribution in [1.29, 1.82) is 0 Å². The molecule has 0 aliphatic rings. The number of unbranched alkanes of at least 4 members (excludes halogenated alkanes) is 1. The van der Waals surface area contributed by atoms with E-state index in [2.05, 4.69) is 15.8 Å². The third-order valence-electron chi connectivity index (χ3n) is 3.19. The maximum absolute atomic E-state index is 12.0. The number of carboxylic acid groups (broad SMARTS) is 1. The van der Waals surface area contributed by atoms with Crippen LogP contribution in [0.4, 0.5) is 5.82 Å². The summed E-state index contributed by atoms with van der Waals surface area (Å²) in [5.41, 5.74) is 0. The molecule has 0 fully saturated rings. The molecule has 1 heterocycles. The molecule has 1 aromatic heterocycles. The van der Waals surface area contributed by atoms with E-state index in [0.717, 1.165) is 24.6 Å². The molecule has 8 nitrogen and oxygen atoms in total. The predicted molar refractivity (Wildman–Crippen MR) is 90.9 cm³/mol. The molecule has 24 heavy (non-hydrogen) atoms. The van der Waals surface area contributed by atoms with Gasteiger partial charge in [0.2, 0.25) is 11.8 Å². The second-order valence-corrected chi connectivity index (χ2v) is 6.69. The number of nitrogens with zero attached hydrogens (tertiary/aromatic N) is 1. The summed E-state index contributed by atoms with van der Waals surface area (Å²) >= 11 is 1.12.